The van der Waals surface area contributed by atoms with Crippen molar-refractivity contribution in [3.05, 3.63) is 0 Å². The van der Waals surface area contributed by atoms with Crippen LogP contribution in [0.1, 0.15) is 20.8 Å². The predicted octanol–water partition coefficient (Wildman–Crippen LogP) is 0.920. The van der Waals surface area contributed by atoms with E-state index in [0.29, 0.717) is 0 Å². The van der Waals surface area contributed by atoms with E-state index in [-0.39, 0.29) is 13.1 Å². The largest absolute Gasteiger partial charge is 0.444 e. The Labute approximate surface area is 106 Å². The van der Waals surface area contributed by atoms with Crippen molar-refractivity contribution in [1.82, 2.24) is 4.90 Å². The molecule has 0 radical (unpaired) electrons. The van der Waals surface area contributed by atoms with Crippen molar-refractivity contribution in [2.75, 3.05) is 19.3 Å². The molecule has 0 aromatic heterocycles. The number of hydrogen-bond acceptors (Lipinski definition) is 5. The normalized spacial score (nSPS) is 25.3. The molecule has 0 N–H and O–H groups in total. The van der Waals surface area contributed by atoms with Crippen LogP contribution in [-0.2, 0) is 19.0 Å². The summed E-state index contributed by atoms with van der Waals surface area (Å²) >= 11 is 0. The molecule has 0 aromatic carbocycles. The second-order valence-electron chi connectivity index (χ2n) is 5.24. The molecule has 0 bridgehead atoms. The Morgan fingerprint density at radius 3 is 2.33 bits per heavy atom. The SMILES string of the molecule is CC(C)(C)OC(=O)N1C[C@H](OS(C)(=O)=O)[C@@H](F)C1. The monoisotopic (exact) mass is 283 g/mol. The molecule has 1 saturated heterocycles. The highest BCUT2D eigenvalue weighted by Gasteiger charge is 2.39. The summed E-state index contributed by atoms with van der Waals surface area (Å²) in [7, 11) is -3.74. The zero-order chi connectivity index (χ0) is 14.1. The zero-order valence-electron chi connectivity index (χ0n) is 10.8. The Bertz CT molecular complexity index is 416. The Balaban J connectivity index is 2.61. The molecule has 1 aliphatic rings. The van der Waals surface area contributed by atoms with E-state index in [4.69, 9.17) is 4.74 Å². The molecule has 1 aliphatic heterocycles. The van der Waals surface area contributed by atoms with Gasteiger partial charge in [0.2, 0.25) is 0 Å². The summed E-state index contributed by atoms with van der Waals surface area (Å²) < 4.78 is 45.0. The molecule has 0 aromatic rings. The maximum Gasteiger partial charge on any atom is 0.410 e. The zero-order valence-corrected chi connectivity index (χ0v) is 11.7. The summed E-state index contributed by atoms with van der Waals surface area (Å²) in [5, 5.41) is 0. The average Bonchev–Trinajstić information content (AvgIpc) is 2.42. The van der Waals surface area contributed by atoms with Gasteiger partial charge in [0.1, 0.15) is 17.9 Å². The lowest BCUT2D eigenvalue weighted by Crippen LogP contribution is -2.36. The van der Waals surface area contributed by atoms with Gasteiger partial charge in [-0.1, -0.05) is 0 Å². The first-order valence-electron chi connectivity index (χ1n) is 5.48. The first kappa shape index (κ1) is 15.2. The van der Waals surface area contributed by atoms with Crippen LogP contribution in [0.4, 0.5) is 9.18 Å². The summed E-state index contributed by atoms with van der Waals surface area (Å²) in [4.78, 5) is 12.8. The predicted molar refractivity (Wildman–Crippen MR) is 62.4 cm³/mol. The van der Waals surface area contributed by atoms with Crippen molar-refractivity contribution in [2.24, 2.45) is 0 Å². The number of carbonyl (C=O) groups excluding carboxylic acids is 1. The first-order chi connectivity index (χ1) is 7.98. The maximum absolute atomic E-state index is 13.5. The van der Waals surface area contributed by atoms with E-state index in [0.717, 1.165) is 11.2 Å². The van der Waals surface area contributed by atoms with Gasteiger partial charge in [0.05, 0.1) is 19.3 Å². The van der Waals surface area contributed by atoms with Crippen LogP contribution in [-0.4, -0.2) is 56.6 Å². The standard InChI is InChI=1S/C10H18FNO5S/c1-10(2,3)16-9(13)12-5-7(11)8(6-12)17-18(4,14)15/h7-8H,5-6H2,1-4H3/t7-,8-/m0/s1. The van der Waals surface area contributed by atoms with E-state index in [2.05, 4.69) is 4.18 Å². The van der Waals surface area contributed by atoms with Gasteiger partial charge >= 0.3 is 6.09 Å². The van der Waals surface area contributed by atoms with Gasteiger partial charge in [-0.15, -0.1) is 0 Å². The van der Waals surface area contributed by atoms with Crippen molar-refractivity contribution < 1.29 is 26.5 Å². The number of amides is 1. The number of rotatable bonds is 2. The van der Waals surface area contributed by atoms with Crippen LogP contribution in [0, 0.1) is 0 Å². The maximum atomic E-state index is 13.5. The first-order valence-corrected chi connectivity index (χ1v) is 7.30. The Kier molecular flexibility index (Phi) is 4.22. The number of ether oxygens (including phenoxy) is 1. The van der Waals surface area contributed by atoms with E-state index in [1.165, 1.54) is 0 Å². The fourth-order valence-electron chi connectivity index (χ4n) is 1.53. The molecule has 0 aliphatic carbocycles. The number of halogens is 1. The van der Waals surface area contributed by atoms with Gasteiger partial charge in [0.15, 0.2) is 0 Å². The van der Waals surface area contributed by atoms with Crippen LogP contribution < -0.4 is 0 Å². The Morgan fingerprint density at radius 2 is 1.89 bits per heavy atom. The molecule has 18 heavy (non-hydrogen) atoms. The average molecular weight is 283 g/mol. The van der Waals surface area contributed by atoms with Gasteiger partial charge in [-0.05, 0) is 20.8 Å². The highest BCUT2D eigenvalue weighted by molar-refractivity contribution is 7.86. The fraction of sp³-hybridized carbons (Fsp3) is 0.900. The summed E-state index contributed by atoms with van der Waals surface area (Å²) in [6, 6.07) is 0. The smallest absolute Gasteiger partial charge is 0.410 e. The molecule has 6 nitrogen and oxygen atoms in total. The van der Waals surface area contributed by atoms with Gasteiger partial charge in [-0.25, -0.2) is 9.18 Å². The molecular formula is C10H18FNO5S. The van der Waals surface area contributed by atoms with Crippen LogP contribution in [0.2, 0.25) is 0 Å². The van der Waals surface area contributed by atoms with Crippen molar-refractivity contribution in [1.29, 1.82) is 0 Å². The van der Waals surface area contributed by atoms with Crippen LogP contribution in [0.5, 0.6) is 0 Å². The van der Waals surface area contributed by atoms with Crippen LogP contribution in [0.15, 0.2) is 0 Å². The molecule has 106 valence electrons. The van der Waals surface area contributed by atoms with Crippen LogP contribution in [0.25, 0.3) is 0 Å². The van der Waals surface area contributed by atoms with Gasteiger partial charge < -0.3 is 9.64 Å². The number of alkyl halides is 1. The topological polar surface area (TPSA) is 72.9 Å². The lowest BCUT2D eigenvalue weighted by Gasteiger charge is -2.24. The second kappa shape index (κ2) is 5.00. The molecule has 1 heterocycles. The van der Waals surface area contributed by atoms with Crippen LogP contribution in [0.3, 0.4) is 0 Å². The quantitative estimate of drug-likeness (QED) is 0.705. The number of hydrogen-bond donors (Lipinski definition) is 0. The second-order valence-corrected chi connectivity index (χ2v) is 6.84. The lowest BCUT2D eigenvalue weighted by molar-refractivity contribution is 0.0274. The summed E-state index contributed by atoms with van der Waals surface area (Å²) in [5.41, 5.74) is -0.682. The number of likely N-dealkylation sites (tertiary alicyclic amines) is 1. The molecule has 1 fully saturated rings. The highest BCUT2D eigenvalue weighted by atomic mass is 32.2. The summed E-state index contributed by atoms with van der Waals surface area (Å²) in [6.07, 6.45) is -2.53. The molecule has 1 amide bonds. The molecule has 0 saturated carbocycles. The minimum Gasteiger partial charge on any atom is -0.444 e. The Hall–Kier alpha value is -0.890. The minimum atomic E-state index is -3.74. The van der Waals surface area contributed by atoms with E-state index < -0.39 is 34.1 Å². The summed E-state index contributed by atoms with van der Waals surface area (Å²) in [5.74, 6) is 0. The van der Waals surface area contributed by atoms with Crippen LogP contribution >= 0.6 is 0 Å². The highest BCUT2D eigenvalue weighted by Crippen LogP contribution is 2.20. The van der Waals surface area contributed by atoms with Gasteiger partial charge in [0.25, 0.3) is 10.1 Å². The van der Waals surface area contributed by atoms with E-state index in [1.54, 1.807) is 20.8 Å². The van der Waals surface area contributed by atoms with E-state index >= 15 is 0 Å². The third kappa shape index (κ3) is 4.77. The van der Waals surface area contributed by atoms with Crippen molar-refractivity contribution in [2.45, 2.75) is 38.6 Å². The third-order valence-corrected chi connectivity index (χ3v) is 2.75. The van der Waals surface area contributed by atoms with E-state index in [9.17, 15) is 17.6 Å². The molecular weight excluding hydrogens is 265 g/mol. The Morgan fingerprint density at radius 1 is 1.33 bits per heavy atom. The van der Waals surface area contributed by atoms with Gasteiger partial charge in [-0.3, -0.25) is 4.18 Å². The number of carbonyl (C=O) groups is 1. The molecule has 8 heteroatoms. The minimum absolute atomic E-state index is 0.136. The molecule has 1 rings (SSSR count). The van der Waals surface area contributed by atoms with Crippen molar-refractivity contribution in [3.63, 3.8) is 0 Å². The fourth-order valence-corrected chi connectivity index (χ4v) is 2.16. The van der Waals surface area contributed by atoms with Gasteiger partial charge in [-0.2, -0.15) is 8.42 Å². The molecule has 2 atom stereocenters. The van der Waals surface area contributed by atoms with E-state index in [1.807, 2.05) is 0 Å². The molecule has 0 unspecified atom stereocenters. The number of nitrogens with zero attached hydrogens (tertiary/aromatic N) is 1. The third-order valence-electron chi connectivity index (χ3n) is 2.15. The van der Waals surface area contributed by atoms with Gasteiger partial charge in [0, 0.05) is 0 Å². The van der Waals surface area contributed by atoms with Crippen molar-refractivity contribution >= 4 is 16.2 Å². The molecule has 0 spiro atoms. The lowest BCUT2D eigenvalue weighted by atomic mass is 10.2. The van der Waals surface area contributed by atoms with Crippen molar-refractivity contribution in [3.8, 4) is 0 Å². The summed E-state index contributed by atoms with van der Waals surface area (Å²) in [6.45, 7) is 4.72.